The van der Waals surface area contributed by atoms with Crippen LogP contribution in [0, 0.1) is 0 Å². The maximum atomic E-state index is 13.4. The molecule has 1 saturated heterocycles. The van der Waals surface area contributed by atoms with Gasteiger partial charge in [-0.2, -0.15) is 0 Å². The summed E-state index contributed by atoms with van der Waals surface area (Å²) in [7, 11) is 4.07. The summed E-state index contributed by atoms with van der Waals surface area (Å²) in [6, 6.07) is 18.9. The van der Waals surface area contributed by atoms with Crippen molar-refractivity contribution in [3.63, 3.8) is 0 Å². The maximum absolute atomic E-state index is 13.4. The molecule has 0 N–H and O–H groups in total. The third kappa shape index (κ3) is 3.22. The minimum Gasteiger partial charge on any atom is -0.366 e. The van der Waals surface area contributed by atoms with Crippen LogP contribution in [0.3, 0.4) is 0 Å². The number of amides is 2. The third-order valence-electron chi connectivity index (χ3n) is 5.72. The van der Waals surface area contributed by atoms with E-state index in [0.29, 0.717) is 17.0 Å². The second-order valence-electron chi connectivity index (χ2n) is 7.52. The predicted molar refractivity (Wildman–Crippen MR) is 111 cm³/mol. The van der Waals surface area contributed by atoms with Gasteiger partial charge in [0, 0.05) is 13.1 Å². The fourth-order valence-corrected chi connectivity index (χ4v) is 4.09. The fourth-order valence-electron chi connectivity index (χ4n) is 4.09. The van der Waals surface area contributed by atoms with Crippen LogP contribution in [0.15, 0.2) is 66.4 Å². The molecule has 2 aromatic carbocycles. The van der Waals surface area contributed by atoms with Crippen LogP contribution in [0.4, 0.5) is 5.69 Å². The molecular formula is C23H25N3O2. The first-order valence-electron chi connectivity index (χ1n) is 9.73. The van der Waals surface area contributed by atoms with E-state index in [4.69, 9.17) is 0 Å². The zero-order chi connectivity index (χ0) is 19.7. The quantitative estimate of drug-likeness (QED) is 0.771. The van der Waals surface area contributed by atoms with E-state index in [1.807, 2.05) is 60.5 Å². The highest BCUT2D eigenvalue weighted by molar-refractivity contribution is 6.45. The summed E-state index contributed by atoms with van der Waals surface area (Å²) in [5.41, 5.74) is 2.40. The monoisotopic (exact) mass is 375 g/mol. The number of hydrogen-bond acceptors (Lipinski definition) is 4. The average molecular weight is 375 g/mol. The van der Waals surface area contributed by atoms with Gasteiger partial charge in [0.1, 0.15) is 5.70 Å². The Morgan fingerprint density at radius 1 is 0.857 bits per heavy atom. The lowest BCUT2D eigenvalue weighted by molar-refractivity contribution is -0.120. The number of anilines is 1. The summed E-state index contributed by atoms with van der Waals surface area (Å²) in [4.78, 5) is 32.5. The molecule has 0 atom stereocenters. The van der Waals surface area contributed by atoms with Gasteiger partial charge in [-0.3, -0.25) is 9.59 Å². The van der Waals surface area contributed by atoms with Crippen LogP contribution in [0.5, 0.6) is 0 Å². The highest BCUT2D eigenvalue weighted by Gasteiger charge is 2.43. The standard InChI is InChI=1S/C23H25N3O2/c1-24-15-13-18(14-16-24)25(2)21-20(17-9-5-3-6-10-17)22(27)26(23(21)28)19-11-7-4-8-12-19/h3-12,18H,13-16H2,1-2H3. The molecule has 0 aliphatic carbocycles. The number of para-hydroxylation sites is 1. The Hall–Kier alpha value is -2.92. The summed E-state index contributed by atoms with van der Waals surface area (Å²) in [5, 5.41) is 0. The van der Waals surface area contributed by atoms with Crippen molar-refractivity contribution in [1.82, 2.24) is 9.80 Å². The van der Waals surface area contributed by atoms with Crippen LogP contribution in [-0.4, -0.2) is 54.8 Å². The van der Waals surface area contributed by atoms with Crippen molar-refractivity contribution in [3.8, 4) is 0 Å². The van der Waals surface area contributed by atoms with Crippen molar-refractivity contribution in [2.75, 3.05) is 32.1 Å². The van der Waals surface area contributed by atoms with Gasteiger partial charge in [-0.1, -0.05) is 48.5 Å². The number of benzene rings is 2. The van der Waals surface area contributed by atoms with E-state index < -0.39 is 0 Å². The largest absolute Gasteiger partial charge is 0.366 e. The van der Waals surface area contributed by atoms with Crippen molar-refractivity contribution >= 4 is 23.1 Å². The molecule has 0 unspecified atom stereocenters. The first-order chi connectivity index (χ1) is 13.6. The van der Waals surface area contributed by atoms with Gasteiger partial charge in [0.25, 0.3) is 11.8 Å². The molecule has 2 aromatic rings. The van der Waals surface area contributed by atoms with Crippen LogP contribution in [0.1, 0.15) is 18.4 Å². The third-order valence-corrected chi connectivity index (χ3v) is 5.72. The molecular weight excluding hydrogens is 350 g/mol. The van der Waals surface area contributed by atoms with Crippen molar-refractivity contribution in [2.45, 2.75) is 18.9 Å². The highest BCUT2D eigenvalue weighted by Crippen LogP contribution is 2.35. The molecule has 2 aliphatic rings. The Bertz CT molecular complexity index is 900. The lowest BCUT2D eigenvalue weighted by atomic mass is 10.0. The lowest BCUT2D eigenvalue weighted by Gasteiger charge is -2.36. The van der Waals surface area contributed by atoms with E-state index in [9.17, 15) is 9.59 Å². The SMILES string of the molecule is CN1CCC(N(C)C2=C(c3ccccc3)C(=O)N(c3ccccc3)C2=O)CC1. The van der Waals surface area contributed by atoms with E-state index in [1.165, 1.54) is 4.90 Å². The van der Waals surface area contributed by atoms with Gasteiger partial charge in [0.2, 0.25) is 0 Å². The second kappa shape index (κ2) is 7.60. The number of nitrogens with zero attached hydrogens (tertiary/aromatic N) is 3. The molecule has 0 spiro atoms. The summed E-state index contributed by atoms with van der Waals surface area (Å²) >= 11 is 0. The number of hydrogen-bond donors (Lipinski definition) is 0. The van der Waals surface area contributed by atoms with Crippen molar-refractivity contribution in [2.24, 2.45) is 0 Å². The summed E-state index contributed by atoms with van der Waals surface area (Å²) in [6.07, 6.45) is 1.96. The Balaban J connectivity index is 1.77. The molecule has 0 radical (unpaired) electrons. The van der Waals surface area contributed by atoms with Gasteiger partial charge in [0.15, 0.2) is 0 Å². The number of piperidine rings is 1. The Morgan fingerprint density at radius 3 is 2.04 bits per heavy atom. The van der Waals surface area contributed by atoms with Gasteiger partial charge < -0.3 is 9.80 Å². The molecule has 144 valence electrons. The van der Waals surface area contributed by atoms with Gasteiger partial charge in [-0.25, -0.2) is 4.90 Å². The molecule has 2 heterocycles. The number of carbonyl (C=O) groups excluding carboxylic acids is 2. The van der Waals surface area contributed by atoms with Gasteiger partial charge in [-0.15, -0.1) is 0 Å². The molecule has 2 aliphatic heterocycles. The van der Waals surface area contributed by atoms with Crippen molar-refractivity contribution in [3.05, 3.63) is 71.9 Å². The van der Waals surface area contributed by atoms with E-state index in [-0.39, 0.29) is 17.9 Å². The molecule has 4 rings (SSSR count). The topological polar surface area (TPSA) is 43.9 Å². The van der Waals surface area contributed by atoms with Crippen molar-refractivity contribution < 1.29 is 9.59 Å². The number of rotatable bonds is 4. The summed E-state index contributed by atoms with van der Waals surface area (Å²) in [6.45, 7) is 1.99. The second-order valence-corrected chi connectivity index (χ2v) is 7.52. The average Bonchev–Trinajstić information content (AvgIpc) is 2.99. The Labute approximate surface area is 165 Å². The first kappa shape index (κ1) is 18.4. The van der Waals surface area contributed by atoms with E-state index >= 15 is 0 Å². The molecule has 0 bridgehead atoms. The maximum Gasteiger partial charge on any atom is 0.282 e. The smallest absolute Gasteiger partial charge is 0.282 e. The molecule has 28 heavy (non-hydrogen) atoms. The minimum atomic E-state index is -0.253. The Morgan fingerprint density at radius 2 is 1.43 bits per heavy atom. The molecule has 1 fully saturated rings. The van der Waals surface area contributed by atoms with Crippen LogP contribution in [0.25, 0.3) is 5.57 Å². The van der Waals surface area contributed by atoms with Crippen LogP contribution in [0.2, 0.25) is 0 Å². The molecule has 2 amide bonds. The number of likely N-dealkylation sites (N-methyl/N-ethyl adjacent to an activating group) is 1. The zero-order valence-corrected chi connectivity index (χ0v) is 16.3. The van der Waals surface area contributed by atoms with E-state index in [0.717, 1.165) is 31.5 Å². The number of likely N-dealkylation sites (tertiary alicyclic amines) is 1. The highest BCUT2D eigenvalue weighted by atomic mass is 16.2. The van der Waals surface area contributed by atoms with Gasteiger partial charge in [-0.05, 0) is 50.7 Å². The number of carbonyl (C=O) groups is 2. The molecule has 0 aromatic heterocycles. The fraction of sp³-hybridized carbons (Fsp3) is 0.304. The van der Waals surface area contributed by atoms with Gasteiger partial charge >= 0.3 is 0 Å². The number of imide groups is 1. The minimum absolute atomic E-state index is 0.239. The van der Waals surface area contributed by atoms with E-state index in [1.54, 1.807) is 12.1 Å². The normalized spacial score (nSPS) is 18.9. The molecule has 5 heteroatoms. The predicted octanol–water partition coefficient (Wildman–Crippen LogP) is 3.00. The molecule has 0 saturated carbocycles. The van der Waals surface area contributed by atoms with Crippen LogP contribution in [-0.2, 0) is 9.59 Å². The first-order valence-corrected chi connectivity index (χ1v) is 9.73. The van der Waals surface area contributed by atoms with Crippen LogP contribution < -0.4 is 4.90 Å². The van der Waals surface area contributed by atoms with Gasteiger partial charge in [0.05, 0.1) is 11.3 Å². The van der Waals surface area contributed by atoms with Crippen molar-refractivity contribution in [1.29, 1.82) is 0 Å². The van der Waals surface area contributed by atoms with Crippen LogP contribution >= 0.6 is 0 Å². The summed E-state index contributed by atoms with van der Waals surface area (Å²) in [5.74, 6) is -0.492. The zero-order valence-electron chi connectivity index (χ0n) is 16.3. The van der Waals surface area contributed by atoms with E-state index in [2.05, 4.69) is 11.9 Å². The molecule has 5 nitrogen and oxygen atoms in total. The Kier molecular flexibility index (Phi) is 5.01. The summed E-state index contributed by atoms with van der Waals surface area (Å²) < 4.78 is 0. The lowest BCUT2D eigenvalue weighted by Crippen LogP contribution is -2.43.